The summed E-state index contributed by atoms with van der Waals surface area (Å²) in [5, 5.41) is 10.1. The SMILES string of the molecule is COc1cc2c(nc1OC)c(-c1cc3c(C#N)ccnc3[nH]1)cn2C. The van der Waals surface area contributed by atoms with Gasteiger partial charge < -0.3 is 19.0 Å². The third-order valence-corrected chi connectivity index (χ3v) is 4.25. The maximum atomic E-state index is 9.28. The summed E-state index contributed by atoms with van der Waals surface area (Å²) in [4.78, 5) is 12.2. The lowest BCUT2D eigenvalue weighted by Gasteiger charge is -2.07. The van der Waals surface area contributed by atoms with Gasteiger partial charge in [-0.1, -0.05) is 0 Å². The Kier molecular flexibility index (Phi) is 3.32. The van der Waals surface area contributed by atoms with E-state index in [1.54, 1.807) is 26.5 Å². The summed E-state index contributed by atoms with van der Waals surface area (Å²) in [5.74, 6) is 1.00. The molecule has 0 atom stereocenters. The fourth-order valence-electron chi connectivity index (χ4n) is 3.02. The van der Waals surface area contributed by atoms with Crippen molar-refractivity contribution in [3.63, 3.8) is 0 Å². The maximum absolute atomic E-state index is 9.28. The summed E-state index contributed by atoms with van der Waals surface area (Å²) in [5.41, 5.74) is 4.70. The molecule has 124 valence electrons. The van der Waals surface area contributed by atoms with Crippen LogP contribution in [0.5, 0.6) is 11.6 Å². The zero-order valence-corrected chi connectivity index (χ0v) is 14.0. The molecule has 4 rings (SSSR count). The van der Waals surface area contributed by atoms with Crippen LogP contribution >= 0.6 is 0 Å². The highest BCUT2D eigenvalue weighted by atomic mass is 16.5. The molecule has 0 saturated heterocycles. The van der Waals surface area contributed by atoms with E-state index in [-0.39, 0.29) is 0 Å². The highest BCUT2D eigenvalue weighted by molar-refractivity contribution is 5.97. The van der Waals surface area contributed by atoms with E-state index < -0.39 is 0 Å². The average Bonchev–Trinajstić information content (AvgIpc) is 3.21. The van der Waals surface area contributed by atoms with Crippen molar-refractivity contribution in [2.75, 3.05) is 14.2 Å². The Bertz CT molecular complexity index is 1150. The highest BCUT2D eigenvalue weighted by Crippen LogP contribution is 2.36. The van der Waals surface area contributed by atoms with Gasteiger partial charge in [0.25, 0.3) is 5.88 Å². The molecule has 4 aromatic rings. The lowest BCUT2D eigenvalue weighted by molar-refractivity contribution is 0.344. The average molecular weight is 333 g/mol. The van der Waals surface area contributed by atoms with E-state index in [0.29, 0.717) is 22.8 Å². The summed E-state index contributed by atoms with van der Waals surface area (Å²) in [7, 11) is 5.09. The molecule has 0 aliphatic carbocycles. The van der Waals surface area contributed by atoms with Crippen LogP contribution in [-0.4, -0.2) is 33.7 Å². The van der Waals surface area contributed by atoms with Crippen molar-refractivity contribution in [2.45, 2.75) is 0 Å². The van der Waals surface area contributed by atoms with E-state index >= 15 is 0 Å². The molecule has 7 heteroatoms. The number of rotatable bonds is 3. The Balaban J connectivity index is 2.00. The largest absolute Gasteiger partial charge is 0.491 e. The minimum absolute atomic E-state index is 0.425. The monoisotopic (exact) mass is 333 g/mol. The summed E-state index contributed by atoms with van der Waals surface area (Å²) < 4.78 is 12.6. The molecule has 0 aliphatic rings. The maximum Gasteiger partial charge on any atom is 0.257 e. The van der Waals surface area contributed by atoms with Gasteiger partial charge in [0, 0.05) is 36.5 Å². The van der Waals surface area contributed by atoms with Crippen LogP contribution in [0.15, 0.2) is 30.6 Å². The van der Waals surface area contributed by atoms with Crippen molar-refractivity contribution in [3.8, 4) is 29.0 Å². The number of nitrogens with zero attached hydrogens (tertiary/aromatic N) is 4. The lowest BCUT2D eigenvalue weighted by Crippen LogP contribution is -1.95. The minimum atomic E-state index is 0.425. The molecule has 0 amide bonds. The fraction of sp³-hybridized carbons (Fsp3) is 0.167. The predicted octanol–water partition coefficient (Wildman–Crippen LogP) is 3.01. The normalized spacial score (nSPS) is 11.0. The first-order chi connectivity index (χ1) is 12.2. The van der Waals surface area contributed by atoms with E-state index in [1.807, 2.05) is 29.9 Å². The molecule has 1 N–H and O–H groups in total. The van der Waals surface area contributed by atoms with Crippen molar-refractivity contribution in [2.24, 2.45) is 7.05 Å². The van der Waals surface area contributed by atoms with E-state index in [9.17, 15) is 5.26 Å². The fourth-order valence-corrected chi connectivity index (χ4v) is 3.02. The first kappa shape index (κ1) is 15.0. The molecular weight excluding hydrogens is 318 g/mol. The summed E-state index contributed by atoms with van der Waals surface area (Å²) in [6, 6.07) is 7.72. The van der Waals surface area contributed by atoms with Gasteiger partial charge in [-0.25, -0.2) is 9.97 Å². The van der Waals surface area contributed by atoms with Crippen LogP contribution in [0.25, 0.3) is 33.3 Å². The lowest BCUT2D eigenvalue weighted by atomic mass is 10.1. The van der Waals surface area contributed by atoms with Crippen molar-refractivity contribution < 1.29 is 9.47 Å². The third-order valence-electron chi connectivity index (χ3n) is 4.25. The van der Waals surface area contributed by atoms with Crippen LogP contribution < -0.4 is 9.47 Å². The molecule has 0 radical (unpaired) electrons. The third kappa shape index (κ3) is 2.19. The van der Waals surface area contributed by atoms with Crippen LogP contribution in [0.1, 0.15) is 5.56 Å². The Hall–Kier alpha value is -3.53. The van der Waals surface area contributed by atoms with E-state index in [0.717, 1.165) is 27.7 Å². The molecule has 4 heterocycles. The summed E-state index contributed by atoms with van der Waals surface area (Å²) in [6.45, 7) is 0. The van der Waals surface area contributed by atoms with Gasteiger partial charge in [0.2, 0.25) is 0 Å². The Labute approximate surface area is 143 Å². The second kappa shape index (κ2) is 5.53. The molecule has 0 bridgehead atoms. The number of nitriles is 1. The number of aryl methyl sites for hydroxylation is 1. The van der Waals surface area contributed by atoms with Crippen LogP contribution in [-0.2, 0) is 7.05 Å². The van der Waals surface area contributed by atoms with Crippen LogP contribution in [0.3, 0.4) is 0 Å². The molecule has 0 saturated carbocycles. The number of fused-ring (bicyclic) bond motifs is 2. The van der Waals surface area contributed by atoms with Gasteiger partial charge >= 0.3 is 0 Å². The van der Waals surface area contributed by atoms with Gasteiger partial charge in [0.05, 0.1) is 37.1 Å². The van der Waals surface area contributed by atoms with Crippen molar-refractivity contribution >= 4 is 22.1 Å². The standard InChI is InChI=1S/C18H15N5O2/c1-23-9-12(16-14(23)7-15(24-2)18(22-16)25-3)13-6-11-10(8-19)4-5-20-17(11)21-13/h4-7,9H,1-3H3,(H,20,21). The second-order valence-electron chi connectivity index (χ2n) is 5.64. The minimum Gasteiger partial charge on any atom is -0.491 e. The molecule has 0 aliphatic heterocycles. The predicted molar refractivity (Wildman–Crippen MR) is 93.6 cm³/mol. The van der Waals surface area contributed by atoms with E-state index in [4.69, 9.17) is 9.47 Å². The van der Waals surface area contributed by atoms with Gasteiger partial charge in [0.1, 0.15) is 11.2 Å². The molecule has 7 nitrogen and oxygen atoms in total. The smallest absolute Gasteiger partial charge is 0.257 e. The Morgan fingerprint density at radius 3 is 2.80 bits per heavy atom. The van der Waals surface area contributed by atoms with Crippen LogP contribution in [0, 0.1) is 11.3 Å². The number of aromatic amines is 1. The number of nitrogens with one attached hydrogen (secondary N) is 1. The summed E-state index contributed by atoms with van der Waals surface area (Å²) >= 11 is 0. The molecule has 0 spiro atoms. The Morgan fingerprint density at radius 2 is 2.08 bits per heavy atom. The number of ether oxygens (including phenoxy) is 2. The van der Waals surface area contributed by atoms with Crippen molar-refractivity contribution in [3.05, 3.63) is 36.2 Å². The number of methoxy groups -OCH3 is 2. The second-order valence-corrected chi connectivity index (χ2v) is 5.64. The van der Waals surface area contributed by atoms with Crippen molar-refractivity contribution in [1.29, 1.82) is 5.26 Å². The first-order valence-corrected chi connectivity index (χ1v) is 7.62. The quantitative estimate of drug-likeness (QED) is 0.622. The molecule has 0 unspecified atom stereocenters. The zero-order valence-electron chi connectivity index (χ0n) is 14.0. The number of H-pyrrole nitrogens is 1. The number of pyridine rings is 2. The van der Waals surface area contributed by atoms with Crippen LogP contribution in [0.2, 0.25) is 0 Å². The molecule has 0 fully saturated rings. The molecule has 0 aromatic carbocycles. The molecular formula is C18H15N5O2. The van der Waals surface area contributed by atoms with Crippen LogP contribution in [0.4, 0.5) is 0 Å². The number of aromatic nitrogens is 4. The van der Waals surface area contributed by atoms with Gasteiger partial charge in [-0.15, -0.1) is 0 Å². The van der Waals surface area contributed by atoms with Gasteiger partial charge in [-0.3, -0.25) is 0 Å². The molecule has 25 heavy (non-hydrogen) atoms. The Morgan fingerprint density at radius 1 is 1.24 bits per heavy atom. The number of hydrogen-bond donors (Lipinski definition) is 1. The summed E-state index contributed by atoms with van der Waals surface area (Å²) in [6.07, 6.45) is 3.60. The van der Waals surface area contributed by atoms with Gasteiger partial charge in [0.15, 0.2) is 5.75 Å². The first-order valence-electron chi connectivity index (χ1n) is 7.62. The van der Waals surface area contributed by atoms with E-state index in [2.05, 4.69) is 21.0 Å². The zero-order chi connectivity index (χ0) is 17.6. The highest BCUT2D eigenvalue weighted by Gasteiger charge is 2.17. The number of hydrogen-bond acceptors (Lipinski definition) is 5. The van der Waals surface area contributed by atoms with E-state index in [1.165, 1.54) is 0 Å². The van der Waals surface area contributed by atoms with Crippen molar-refractivity contribution in [1.82, 2.24) is 19.5 Å². The van der Waals surface area contributed by atoms with Gasteiger partial charge in [-0.05, 0) is 12.1 Å². The van der Waals surface area contributed by atoms with Gasteiger partial charge in [-0.2, -0.15) is 5.26 Å². The molecule has 4 aromatic heterocycles. The topological polar surface area (TPSA) is 88.8 Å².